The van der Waals surface area contributed by atoms with Gasteiger partial charge in [0.15, 0.2) is 12.2 Å². The minimum Gasteiger partial charge on any atom is -0.461 e. The van der Waals surface area contributed by atoms with Crippen LogP contribution in [0.4, 0.5) is 0 Å². The first-order valence-corrected chi connectivity index (χ1v) is 15.9. The van der Waals surface area contributed by atoms with Gasteiger partial charge in [-0.3, -0.25) is 24.0 Å². The number of esters is 6. The predicted molar refractivity (Wildman–Crippen MR) is 163 cm³/mol. The SMILES string of the molecule is CCC(C)C(=O)OC1C(OC(C)=O)C(C)C2C(OC(C)=O)C3=C(C)C(=O)OC3C(Cl)C(C)=CCC(OC(C)=O)C2(C)C1OC(C)=O. The molecule has 46 heavy (non-hydrogen) atoms. The van der Waals surface area contributed by atoms with Gasteiger partial charge >= 0.3 is 35.8 Å². The molecule has 11 atom stereocenters. The van der Waals surface area contributed by atoms with E-state index in [1.54, 1.807) is 40.7 Å². The normalized spacial score (nSPS) is 34.9. The zero-order valence-corrected chi connectivity index (χ0v) is 28.8. The number of carbonyl (C=O) groups is 6. The molecule has 13 heteroatoms. The van der Waals surface area contributed by atoms with Crippen LogP contribution in [0.2, 0.25) is 0 Å². The first-order valence-electron chi connectivity index (χ1n) is 15.5. The molecule has 0 aromatic rings. The zero-order chi connectivity index (χ0) is 34.8. The van der Waals surface area contributed by atoms with E-state index in [2.05, 4.69) is 0 Å². The van der Waals surface area contributed by atoms with Crippen LogP contribution < -0.4 is 0 Å². The van der Waals surface area contributed by atoms with Crippen LogP contribution in [-0.4, -0.2) is 77.8 Å². The summed E-state index contributed by atoms with van der Waals surface area (Å²) in [7, 11) is 0. The van der Waals surface area contributed by atoms with E-state index in [0.29, 0.717) is 12.0 Å². The fraction of sp³-hybridized carbons (Fsp3) is 0.697. The van der Waals surface area contributed by atoms with E-state index in [9.17, 15) is 28.8 Å². The highest BCUT2D eigenvalue weighted by Gasteiger charge is 2.67. The third kappa shape index (κ3) is 7.26. The second-order valence-electron chi connectivity index (χ2n) is 12.7. The average molecular weight is 669 g/mol. The highest BCUT2D eigenvalue weighted by Crippen LogP contribution is 2.56. The molecule has 1 saturated carbocycles. The summed E-state index contributed by atoms with van der Waals surface area (Å²) in [6.45, 7) is 14.9. The summed E-state index contributed by atoms with van der Waals surface area (Å²) in [5.74, 6) is -6.49. The number of hydrogen-bond donors (Lipinski definition) is 0. The molecule has 2 aliphatic carbocycles. The number of hydrogen-bond acceptors (Lipinski definition) is 12. The molecule has 0 aromatic carbocycles. The maximum Gasteiger partial charge on any atom is 0.334 e. The second kappa shape index (κ2) is 14.6. The van der Waals surface area contributed by atoms with Crippen molar-refractivity contribution in [2.75, 3.05) is 0 Å². The van der Waals surface area contributed by atoms with Crippen molar-refractivity contribution in [3.8, 4) is 0 Å². The van der Waals surface area contributed by atoms with E-state index in [4.69, 9.17) is 40.0 Å². The van der Waals surface area contributed by atoms with Crippen molar-refractivity contribution in [3.63, 3.8) is 0 Å². The molecule has 3 rings (SSSR count). The third-order valence-corrected chi connectivity index (χ3v) is 10.0. The fourth-order valence-corrected chi connectivity index (χ4v) is 7.32. The third-order valence-electron chi connectivity index (χ3n) is 9.46. The van der Waals surface area contributed by atoms with Crippen molar-refractivity contribution >= 4 is 47.4 Å². The molecule has 0 aromatic heterocycles. The summed E-state index contributed by atoms with van der Waals surface area (Å²) in [4.78, 5) is 77.3. The van der Waals surface area contributed by atoms with Crippen LogP contribution >= 0.6 is 11.6 Å². The molecule has 0 spiro atoms. The number of halogens is 1. The van der Waals surface area contributed by atoms with E-state index < -0.39 is 101 Å². The quantitative estimate of drug-likeness (QED) is 0.165. The van der Waals surface area contributed by atoms with Crippen molar-refractivity contribution in [2.45, 2.75) is 124 Å². The minimum atomic E-state index is -1.51. The summed E-state index contributed by atoms with van der Waals surface area (Å²) in [5, 5.41) is -0.881. The summed E-state index contributed by atoms with van der Waals surface area (Å²) in [5.41, 5.74) is -0.490. The first kappa shape index (κ1) is 37.1. The molecule has 3 aliphatic rings. The molecule has 1 heterocycles. The van der Waals surface area contributed by atoms with Crippen molar-refractivity contribution < 1.29 is 57.2 Å². The lowest BCUT2D eigenvalue weighted by Crippen LogP contribution is -2.70. The Balaban J connectivity index is 2.50. The Labute approximate surface area is 274 Å². The highest BCUT2D eigenvalue weighted by molar-refractivity contribution is 6.23. The molecule has 0 N–H and O–H groups in total. The van der Waals surface area contributed by atoms with Crippen molar-refractivity contribution in [2.24, 2.45) is 23.2 Å². The fourth-order valence-electron chi connectivity index (χ4n) is 7.04. The zero-order valence-electron chi connectivity index (χ0n) is 28.0. The van der Waals surface area contributed by atoms with Crippen LogP contribution in [0.5, 0.6) is 0 Å². The first-order chi connectivity index (χ1) is 21.4. The molecule has 1 fully saturated rings. The molecular formula is C33H45ClO12. The second-order valence-corrected chi connectivity index (χ2v) is 13.2. The summed E-state index contributed by atoms with van der Waals surface area (Å²) >= 11 is 6.90. The van der Waals surface area contributed by atoms with Gasteiger partial charge in [-0.2, -0.15) is 0 Å². The van der Waals surface area contributed by atoms with Crippen molar-refractivity contribution in [3.05, 3.63) is 22.8 Å². The standard InChI is InChI=1S/C33H45ClO12/c1-11-14(2)31(39)46-29-26(42-19(7)36)17(5)24-27(43-20(8)37)23-16(4)32(40)45-28(23)25(34)15(3)12-13-22(41-18(6)35)33(24,10)30(29)44-21(9)38/h12,14,17,22,24-30H,11,13H2,1-10H3. The summed E-state index contributed by atoms with van der Waals surface area (Å²) < 4.78 is 35.6. The lowest BCUT2D eigenvalue weighted by Gasteiger charge is -2.58. The van der Waals surface area contributed by atoms with Crippen LogP contribution in [-0.2, 0) is 57.2 Å². The van der Waals surface area contributed by atoms with Gasteiger partial charge in [-0.15, -0.1) is 11.6 Å². The number of fused-ring (bicyclic) bond motifs is 2. The maximum absolute atomic E-state index is 13.3. The van der Waals surface area contributed by atoms with E-state index in [-0.39, 0.29) is 17.6 Å². The molecule has 0 amide bonds. The lowest BCUT2D eigenvalue weighted by atomic mass is 9.53. The van der Waals surface area contributed by atoms with Crippen molar-refractivity contribution in [1.29, 1.82) is 0 Å². The average Bonchev–Trinajstić information content (AvgIpc) is 3.25. The van der Waals surface area contributed by atoms with Crippen LogP contribution in [0, 0.1) is 23.2 Å². The van der Waals surface area contributed by atoms with E-state index >= 15 is 0 Å². The Bertz CT molecular complexity index is 1320. The Morgan fingerprint density at radius 2 is 1.50 bits per heavy atom. The summed E-state index contributed by atoms with van der Waals surface area (Å²) in [6, 6.07) is 0. The van der Waals surface area contributed by atoms with Gasteiger partial charge in [0.05, 0.1) is 16.7 Å². The van der Waals surface area contributed by atoms with E-state index in [0.717, 1.165) is 0 Å². The maximum atomic E-state index is 13.3. The minimum absolute atomic E-state index is 0.0435. The Kier molecular flexibility index (Phi) is 11.7. The molecule has 0 bridgehead atoms. The van der Waals surface area contributed by atoms with Crippen LogP contribution in [0.25, 0.3) is 0 Å². The number of rotatable bonds is 7. The van der Waals surface area contributed by atoms with E-state index in [1.807, 2.05) is 0 Å². The van der Waals surface area contributed by atoms with Crippen LogP contribution in [0.3, 0.4) is 0 Å². The molecular weight excluding hydrogens is 624 g/mol. The smallest absolute Gasteiger partial charge is 0.334 e. The molecule has 0 saturated heterocycles. The predicted octanol–water partition coefficient (Wildman–Crippen LogP) is 4.14. The molecule has 1 aliphatic heterocycles. The Morgan fingerprint density at radius 1 is 0.935 bits per heavy atom. The number of carbonyl (C=O) groups excluding carboxylic acids is 6. The van der Waals surface area contributed by atoms with Gasteiger partial charge in [0, 0.05) is 57.1 Å². The Hall–Kier alpha value is -3.41. The molecule has 12 nitrogen and oxygen atoms in total. The van der Waals surface area contributed by atoms with Gasteiger partial charge in [-0.05, 0) is 20.3 Å². The van der Waals surface area contributed by atoms with Gasteiger partial charge in [-0.1, -0.05) is 39.3 Å². The Morgan fingerprint density at radius 3 is 2.02 bits per heavy atom. The number of ether oxygens (including phenoxy) is 6. The highest BCUT2D eigenvalue weighted by atomic mass is 35.5. The monoisotopic (exact) mass is 668 g/mol. The lowest BCUT2D eigenvalue weighted by molar-refractivity contribution is -0.260. The van der Waals surface area contributed by atoms with E-state index in [1.165, 1.54) is 34.6 Å². The van der Waals surface area contributed by atoms with Crippen molar-refractivity contribution in [1.82, 2.24) is 0 Å². The van der Waals surface area contributed by atoms with Gasteiger partial charge in [0.25, 0.3) is 0 Å². The topological polar surface area (TPSA) is 158 Å². The van der Waals surface area contributed by atoms with Gasteiger partial charge in [0.2, 0.25) is 0 Å². The molecule has 256 valence electrons. The van der Waals surface area contributed by atoms with Gasteiger partial charge in [0.1, 0.15) is 24.4 Å². The van der Waals surface area contributed by atoms with Gasteiger partial charge in [-0.25, -0.2) is 4.79 Å². The number of alkyl halides is 1. The van der Waals surface area contributed by atoms with Crippen LogP contribution in [0.1, 0.15) is 82.1 Å². The van der Waals surface area contributed by atoms with Gasteiger partial charge < -0.3 is 28.4 Å². The summed E-state index contributed by atoms with van der Waals surface area (Å²) in [6.07, 6.45) is -5.17. The van der Waals surface area contributed by atoms with Crippen LogP contribution in [0.15, 0.2) is 22.8 Å². The largest absolute Gasteiger partial charge is 0.461 e. The molecule has 11 unspecified atom stereocenters. The molecule has 0 radical (unpaired) electrons.